The molecule has 0 aliphatic rings. The fourth-order valence-corrected chi connectivity index (χ4v) is 8.24. The Bertz CT molecular complexity index is 1930. The largest absolute Gasteiger partial charge is 0.481 e. The maximum Gasteiger partial charge on any atom is 0.321 e. The van der Waals surface area contributed by atoms with Gasteiger partial charge in [-0.2, -0.15) is 11.8 Å². The second kappa shape index (κ2) is 24.5. The van der Waals surface area contributed by atoms with Gasteiger partial charge in [-0.3, -0.25) is 28.8 Å². The first kappa shape index (κ1) is 49.6. The standard InChI is InChI=1S/C42H56F2N6O8S2/c1-42(2,3)39(34-19-28(31-20-29(43)12-13-32(31)44)24-49(34)23-27-9-5-4-6-10-27)50(17-8-15-45)37(53)26-59-18-14-36(52)47-16-7-11-30(51)22-48-40(56)35(21-38(54)55)60-25-33(46)41(57)58/h4-6,9-10,12-13,19-20,24,33,35,39H,7-8,11,14-18,21-23,25-26,45-46H2,1-3H3,(H,47,52)(H,48,56)(H,54,55)(H,57,58)/t33-,35?,39-/m0/s1. The molecule has 2 aromatic carbocycles. The van der Waals surface area contributed by atoms with Crippen LogP contribution in [0, 0.1) is 17.0 Å². The van der Waals surface area contributed by atoms with E-state index in [0.29, 0.717) is 37.4 Å². The van der Waals surface area contributed by atoms with E-state index in [2.05, 4.69) is 10.6 Å². The van der Waals surface area contributed by atoms with Gasteiger partial charge in [-0.05, 0) is 54.6 Å². The molecule has 0 aliphatic carbocycles. The van der Waals surface area contributed by atoms with Gasteiger partial charge in [0, 0.05) is 67.0 Å². The number of thioether (sulfide) groups is 2. The number of halogens is 2. The molecule has 3 rings (SSSR count). The van der Waals surface area contributed by atoms with Crippen LogP contribution in [0.25, 0.3) is 11.1 Å². The minimum absolute atomic E-state index is 0.0332. The Hall–Kier alpha value is -4.78. The second-order valence-corrected chi connectivity index (χ2v) is 17.6. The fourth-order valence-electron chi connectivity index (χ4n) is 6.35. The Morgan fingerprint density at radius 1 is 0.950 bits per heavy atom. The monoisotopic (exact) mass is 874 g/mol. The molecule has 3 atom stereocenters. The van der Waals surface area contributed by atoms with Crippen molar-refractivity contribution in [1.82, 2.24) is 20.1 Å². The van der Waals surface area contributed by atoms with Crippen LogP contribution in [0.15, 0.2) is 60.8 Å². The summed E-state index contributed by atoms with van der Waals surface area (Å²) in [6, 6.07) is 13.1. The Morgan fingerprint density at radius 3 is 2.32 bits per heavy atom. The lowest BCUT2D eigenvalue weighted by atomic mass is 9.83. The van der Waals surface area contributed by atoms with Gasteiger partial charge in [-0.25, -0.2) is 8.78 Å². The van der Waals surface area contributed by atoms with E-state index >= 15 is 4.39 Å². The smallest absolute Gasteiger partial charge is 0.321 e. The van der Waals surface area contributed by atoms with Gasteiger partial charge in [0.05, 0.1) is 30.0 Å². The average Bonchev–Trinajstić information content (AvgIpc) is 3.59. The third-order valence-electron chi connectivity index (χ3n) is 9.26. The predicted molar refractivity (Wildman–Crippen MR) is 229 cm³/mol. The predicted octanol–water partition coefficient (Wildman–Crippen LogP) is 4.44. The first-order valence-corrected chi connectivity index (χ1v) is 21.8. The van der Waals surface area contributed by atoms with Crippen LogP contribution in [0.4, 0.5) is 8.78 Å². The van der Waals surface area contributed by atoms with E-state index in [1.807, 2.05) is 61.7 Å². The third-order valence-corrected chi connectivity index (χ3v) is 11.5. The zero-order valence-corrected chi connectivity index (χ0v) is 35.8. The first-order valence-electron chi connectivity index (χ1n) is 19.6. The molecule has 0 saturated heterocycles. The highest BCUT2D eigenvalue weighted by Gasteiger charge is 2.37. The van der Waals surface area contributed by atoms with Crippen molar-refractivity contribution in [2.75, 3.05) is 43.4 Å². The highest BCUT2D eigenvalue weighted by Crippen LogP contribution is 2.41. The molecule has 8 N–H and O–H groups in total. The lowest BCUT2D eigenvalue weighted by Crippen LogP contribution is -2.44. The van der Waals surface area contributed by atoms with Crippen molar-refractivity contribution in [3.63, 3.8) is 0 Å². The number of carboxylic acid groups (broad SMARTS) is 2. The molecule has 0 radical (unpaired) electrons. The van der Waals surface area contributed by atoms with Crippen LogP contribution in [0.2, 0.25) is 0 Å². The van der Waals surface area contributed by atoms with Crippen LogP contribution < -0.4 is 22.1 Å². The number of amides is 3. The van der Waals surface area contributed by atoms with Gasteiger partial charge in [0.1, 0.15) is 17.7 Å². The number of ketones is 1. The second-order valence-electron chi connectivity index (χ2n) is 15.3. The van der Waals surface area contributed by atoms with Gasteiger partial charge < -0.3 is 41.8 Å². The average molecular weight is 875 g/mol. The van der Waals surface area contributed by atoms with Crippen molar-refractivity contribution in [1.29, 1.82) is 0 Å². The molecular weight excluding hydrogens is 819 g/mol. The lowest BCUT2D eigenvalue weighted by molar-refractivity contribution is -0.138. The van der Waals surface area contributed by atoms with Crippen molar-refractivity contribution in [3.8, 4) is 11.1 Å². The number of aromatic nitrogens is 1. The zero-order chi connectivity index (χ0) is 44.4. The topological polar surface area (TPSA) is 227 Å². The van der Waals surface area contributed by atoms with Crippen molar-refractivity contribution >= 4 is 59.0 Å². The van der Waals surface area contributed by atoms with E-state index < -0.39 is 58.6 Å². The summed E-state index contributed by atoms with van der Waals surface area (Å²) in [7, 11) is 0. The minimum atomic E-state index is -1.29. The minimum Gasteiger partial charge on any atom is -0.481 e. The number of benzene rings is 2. The summed E-state index contributed by atoms with van der Waals surface area (Å²) >= 11 is 2.08. The molecule has 1 aromatic heterocycles. The van der Waals surface area contributed by atoms with Crippen molar-refractivity contribution in [3.05, 3.63) is 83.7 Å². The van der Waals surface area contributed by atoms with Crippen molar-refractivity contribution < 1.29 is 47.8 Å². The SMILES string of the molecule is CC(C)(C)[C@H](c1cc(-c2cc(F)ccc2F)cn1Cc1ccccc1)N(CCCN)C(=O)CSCCC(=O)NCCCC(=O)CNC(=O)C(CC(=O)O)SC[C@H](N)C(=O)O. The van der Waals surface area contributed by atoms with Crippen LogP contribution in [-0.4, -0.2) is 110 Å². The van der Waals surface area contributed by atoms with E-state index in [1.165, 1.54) is 11.8 Å². The Kier molecular flexibility index (Phi) is 20.2. The summed E-state index contributed by atoms with van der Waals surface area (Å²) in [5.74, 6) is -4.97. The van der Waals surface area contributed by atoms with Gasteiger partial charge in [-0.15, -0.1) is 11.8 Å². The number of hydrogen-bond acceptors (Lipinski definition) is 10. The van der Waals surface area contributed by atoms with Gasteiger partial charge in [-0.1, -0.05) is 51.1 Å². The molecule has 3 amide bonds. The zero-order valence-electron chi connectivity index (χ0n) is 34.2. The lowest BCUT2D eigenvalue weighted by Gasteiger charge is -2.41. The molecule has 18 heteroatoms. The highest BCUT2D eigenvalue weighted by molar-refractivity contribution is 8.00. The molecule has 0 spiro atoms. The van der Waals surface area contributed by atoms with Crippen LogP contribution >= 0.6 is 23.5 Å². The van der Waals surface area contributed by atoms with Gasteiger partial charge in [0.15, 0.2) is 5.78 Å². The number of hydrogen-bond donors (Lipinski definition) is 6. The number of aliphatic carboxylic acids is 2. The summed E-state index contributed by atoms with van der Waals surface area (Å²) in [4.78, 5) is 75.4. The number of rotatable bonds is 26. The van der Waals surface area contributed by atoms with Gasteiger partial charge in [0.2, 0.25) is 17.7 Å². The number of nitrogens with two attached hydrogens (primary N) is 2. The Morgan fingerprint density at radius 2 is 1.67 bits per heavy atom. The number of nitrogens with one attached hydrogen (secondary N) is 2. The van der Waals surface area contributed by atoms with E-state index in [-0.39, 0.29) is 67.0 Å². The highest BCUT2D eigenvalue weighted by atomic mass is 32.2. The molecule has 0 bridgehead atoms. The van der Waals surface area contributed by atoms with E-state index in [1.54, 1.807) is 11.1 Å². The Balaban J connectivity index is 1.58. The molecule has 60 heavy (non-hydrogen) atoms. The molecule has 0 fully saturated rings. The quantitative estimate of drug-likeness (QED) is 0.0616. The van der Waals surface area contributed by atoms with Crippen LogP contribution in [0.3, 0.4) is 0 Å². The fraction of sp³-hybridized carbons (Fsp3) is 0.476. The molecule has 0 saturated carbocycles. The number of carbonyl (C=O) groups excluding carboxylic acids is 4. The molecule has 1 unspecified atom stereocenters. The molecule has 0 aliphatic heterocycles. The number of carbonyl (C=O) groups is 6. The normalized spacial score (nSPS) is 12.9. The maximum atomic E-state index is 15.1. The summed E-state index contributed by atoms with van der Waals surface area (Å²) in [5, 5.41) is 22.0. The third kappa shape index (κ3) is 16.3. The van der Waals surface area contributed by atoms with E-state index in [0.717, 1.165) is 41.2 Å². The Labute approximate surface area is 357 Å². The molecule has 14 nitrogen and oxygen atoms in total. The van der Waals surface area contributed by atoms with Crippen molar-refractivity contribution in [2.24, 2.45) is 16.9 Å². The molecule has 3 aromatic rings. The van der Waals surface area contributed by atoms with Crippen LogP contribution in [-0.2, 0) is 35.3 Å². The van der Waals surface area contributed by atoms with Crippen molar-refractivity contribution in [2.45, 2.75) is 76.8 Å². The molecule has 328 valence electrons. The van der Waals surface area contributed by atoms with Crippen LogP contribution in [0.5, 0.6) is 0 Å². The number of carboxylic acids is 2. The summed E-state index contributed by atoms with van der Waals surface area (Å²) in [6.45, 7) is 7.01. The number of Topliss-reactive ketones (excluding diaryl/α,β-unsaturated/α-hetero) is 1. The number of nitrogens with zero attached hydrogens (tertiary/aromatic N) is 2. The summed E-state index contributed by atoms with van der Waals surface area (Å²) in [6.07, 6.45) is 2.18. The van der Waals surface area contributed by atoms with E-state index in [9.17, 15) is 33.2 Å². The van der Waals surface area contributed by atoms with Gasteiger partial charge in [0.25, 0.3) is 0 Å². The maximum absolute atomic E-state index is 15.1. The summed E-state index contributed by atoms with van der Waals surface area (Å²) < 4.78 is 31.4. The van der Waals surface area contributed by atoms with E-state index in [4.69, 9.17) is 21.7 Å². The first-order chi connectivity index (χ1) is 28.4. The van der Waals surface area contributed by atoms with Gasteiger partial charge >= 0.3 is 11.9 Å². The molecular formula is C42H56F2N6O8S2. The summed E-state index contributed by atoms with van der Waals surface area (Å²) in [5.41, 5.74) is 13.2. The molecule has 1 heterocycles. The van der Waals surface area contributed by atoms with Crippen LogP contribution in [0.1, 0.15) is 70.2 Å².